The molecule has 1 saturated heterocycles. The fraction of sp³-hybridized carbons (Fsp3) is 0.533. The van der Waals surface area contributed by atoms with Crippen LogP contribution in [0.1, 0.15) is 25.7 Å². The number of carbonyl (C=O) groups excluding carboxylic acids is 1. The zero-order chi connectivity index (χ0) is 14.9. The summed E-state index contributed by atoms with van der Waals surface area (Å²) in [5.41, 5.74) is 0. The molecule has 1 aliphatic carbocycles. The summed E-state index contributed by atoms with van der Waals surface area (Å²) in [5, 5.41) is 3.00. The van der Waals surface area contributed by atoms with Crippen molar-refractivity contribution in [2.75, 3.05) is 13.1 Å². The molecule has 2 fully saturated rings. The fourth-order valence-electron chi connectivity index (χ4n) is 2.65. The van der Waals surface area contributed by atoms with E-state index < -0.39 is 10.0 Å². The smallest absolute Gasteiger partial charge is 0.243 e. The van der Waals surface area contributed by atoms with Crippen LogP contribution in [0.2, 0.25) is 0 Å². The second-order valence-electron chi connectivity index (χ2n) is 5.77. The Morgan fingerprint density at radius 2 is 1.67 bits per heavy atom. The van der Waals surface area contributed by atoms with E-state index in [0.717, 1.165) is 12.8 Å². The second kappa shape index (κ2) is 5.77. The Labute approximate surface area is 125 Å². The van der Waals surface area contributed by atoms with Crippen LogP contribution in [-0.4, -0.2) is 37.8 Å². The lowest BCUT2D eigenvalue weighted by Crippen LogP contribution is -2.43. The quantitative estimate of drug-likeness (QED) is 0.913. The number of hydrogen-bond acceptors (Lipinski definition) is 3. The van der Waals surface area contributed by atoms with Gasteiger partial charge in [-0.05, 0) is 37.8 Å². The van der Waals surface area contributed by atoms with Gasteiger partial charge in [-0.2, -0.15) is 4.31 Å². The minimum atomic E-state index is -3.42. The summed E-state index contributed by atoms with van der Waals surface area (Å²) in [7, 11) is -3.42. The Morgan fingerprint density at radius 1 is 1.05 bits per heavy atom. The molecular formula is C15H20N2O3S. The lowest BCUT2D eigenvalue weighted by Gasteiger charge is -2.30. The monoisotopic (exact) mass is 308 g/mol. The minimum absolute atomic E-state index is 0.0483. The van der Waals surface area contributed by atoms with Crippen LogP contribution in [0.5, 0.6) is 0 Å². The van der Waals surface area contributed by atoms with Crippen LogP contribution < -0.4 is 5.32 Å². The van der Waals surface area contributed by atoms with Crippen LogP contribution in [-0.2, 0) is 14.8 Å². The van der Waals surface area contributed by atoms with Gasteiger partial charge >= 0.3 is 0 Å². The molecule has 0 unspecified atom stereocenters. The highest BCUT2D eigenvalue weighted by molar-refractivity contribution is 7.89. The maximum Gasteiger partial charge on any atom is 0.243 e. The summed E-state index contributed by atoms with van der Waals surface area (Å²) in [6.07, 6.45) is 3.36. The molecule has 1 aromatic rings. The van der Waals surface area contributed by atoms with Gasteiger partial charge < -0.3 is 5.32 Å². The first-order valence-corrected chi connectivity index (χ1v) is 8.87. The molecule has 1 heterocycles. The van der Waals surface area contributed by atoms with Gasteiger partial charge in [0.25, 0.3) is 0 Å². The summed E-state index contributed by atoms with van der Waals surface area (Å²) in [5.74, 6) is 0.0436. The van der Waals surface area contributed by atoms with E-state index in [1.807, 2.05) is 0 Å². The number of benzene rings is 1. The van der Waals surface area contributed by atoms with Crippen LogP contribution in [0.25, 0.3) is 0 Å². The third-order valence-corrected chi connectivity index (χ3v) is 6.04. The molecule has 6 heteroatoms. The highest BCUT2D eigenvalue weighted by Crippen LogP contribution is 2.25. The zero-order valence-corrected chi connectivity index (χ0v) is 12.7. The highest BCUT2D eigenvalue weighted by atomic mass is 32.2. The molecule has 114 valence electrons. The van der Waals surface area contributed by atoms with E-state index >= 15 is 0 Å². The largest absolute Gasteiger partial charge is 0.353 e. The number of piperidine rings is 1. The van der Waals surface area contributed by atoms with Crippen molar-refractivity contribution in [3.05, 3.63) is 30.3 Å². The summed E-state index contributed by atoms with van der Waals surface area (Å²) < 4.78 is 26.4. The third kappa shape index (κ3) is 3.27. The predicted octanol–water partition coefficient (Wildman–Crippen LogP) is 1.37. The van der Waals surface area contributed by atoms with Gasteiger partial charge in [-0.1, -0.05) is 18.2 Å². The molecular weight excluding hydrogens is 288 g/mol. The molecule has 0 spiro atoms. The van der Waals surface area contributed by atoms with Crippen molar-refractivity contribution in [2.24, 2.45) is 5.92 Å². The van der Waals surface area contributed by atoms with Crippen molar-refractivity contribution in [1.82, 2.24) is 9.62 Å². The fourth-order valence-corrected chi connectivity index (χ4v) is 4.14. The van der Waals surface area contributed by atoms with Crippen molar-refractivity contribution in [3.63, 3.8) is 0 Å². The molecule has 1 N–H and O–H groups in total. The average molecular weight is 308 g/mol. The van der Waals surface area contributed by atoms with Gasteiger partial charge in [0.15, 0.2) is 0 Å². The van der Waals surface area contributed by atoms with E-state index in [1.165, 1.54) is 4.31 Å². The van der Waals surface area contributed by atoms with Crippen LogP contribution in [0, 0.1) is 5.92 Å². The van der Waals surface area contributed by atoms with Crippen molar-refractivity contribution >= 4 is 15.9 Å². The molecule has 21 heavy (non-hydrogen) atoms. The Balaban J connectivity index is 1.61. The summed E-state index contributed by atoms with van der Waals surface area (Å²) in [6, 6.07) is 8.84. The highest BCUT2D eigenvalue weighted by Gasteiger charge is 2.33. The number of rotatable bonds is 4. The molecule has 0 radical (unpaired) electrons. The van der Waals surface area contributed by atoms with Gasteiger partial charge in [0.05, 0.1) is 4.90 Å². The first kappa shape index (κ1) is 14.5. The first-order valence-electron chi connectivity index (χ1n) is 7.43. The number of carbonyl (C=O) groups is 1. The van der Waals surface area contributed by atoms with Gasteiger partial charge in [-0.25, -0.2) is 8.42 Å². The molecule has 0 aromatic heterocycles. The summed E-state index contributed by atoms with van der Waals surface area (Å²) >= 11 is 0. The Morgan fingerprint density at radius 3 is 2.24 bits per heavy atom. The lowest BCUT2D eigenvalue weighted by molar-refractivity contribution is -0.126. The summed E-state index contributed by atoms with van der Waals surface area (Å²) in [6.45, 7) is 0.833. The second-order valence-corrected chi connectivity index (χ2v) is 7.71. The maximum absolute atomic E-state index is 12.5. The number of nitrogens with zero attached hydrogens (tertiary/aromatic N) is 1. The number of amides is 1. The normalized spacial score (nSPS) is 21.1. The van der Waals surface area contributed by atoms with Gasteiger partial charge in [-0.15, -0.1) is 0 Å². The molecule has 1 aliphatic heterocycles. The zero-order valence-electron chi connectivity index (χ0n) is 11.9. The number of sulfonamides is 1. The number of hydrogen-bond donors (Lipinski definition) is 1. The predicted molar refractivity (Wildman–Crippen MR) is 79.1 cm³/mol. The van der Waals surface area contributed by atoms with Crippen LogP contribution >= 0.6 is 0 Å². The van der Waals surface area contributed by atoms with Crippen molar-refractivity contribution in [2.45, 2.75) is 36.6 Å². The van der Waals surface area contributed by atoms with Gasteiger partial charge in [-0.3, -0.25) is 4.79 Å². The van der Waals surface area contributed by atoms with Crippen molar-refractivity contribution < 1.29 is 13.2 Å². The van der Waals surface area contributed by atoms with E-state index in [9.17, 15) is 13.2 Å². The molecule has 1 amide bonds. The first-order chi connectivity index (χ1) is 10.1. The van der Waals surface area contributed by atoms with Crippen molar-refractivity contribution in [1.29, 1.82) is 0 Å². The van der Waals surface area contributed by atoms with E-state index in [-0.39, 0.29) is 11.8 Å². The van der Waals surface area contributed by atoms with E-state index in [4.69, 9.17) is 0 Å². The van der Waals surface area contributed by atoms with Gasteiger partial charge in [0.2, 0.25) is 15.9 Å². The molecule has 1 saturated carbocycles. The molecule has 2 aliphatic rings. The molecule has 5 nitrogen and oxygen atoms in total. The van der Waals surface area contributed by atoms with E-state index in [0.29, 0.717) is 36.9 Å². The SMILES string of the molecule is O=C(NC1CC1)C1CCN(S(=O)(=O)c2ccccc2)CC1. The topological polar surface area (TPSA) is 66.5 Å². The Kier molecular flexibility index (Phi) is 3.99. The van der Waals surface area contributed by atoms with E-state index in [1.54, 1.807) is 30.3 Å². The molecule has 0 bridgehead atoms. The molecule has 1 aromatic carbocycles. The summed E-state index contributed by atoms with van der Waals surface area (Å²) in [4.78, 5) is 12.3. The van der Waals surface area contributed by atoms with Crippen LogP contribution in [0.15, 0.2) is 35.2 Å². The average Bonchev–Trinajstić information content (AvgIpc) is 3.32. The lowest BCUT2D eigenvalue weighted by atomic mass is 9.97. The van der Waals surface area contributed by atoms with Crippen LogP contribution in [0.3, 0.4) is 0 Å². The Hall–Kier alpha value is -1.40. The van der Waals surface area contributed by atoms with Gasteiger partial charge in [0.1, 0.15) is 0 Å². The minimum Gasteiger partial charge on any atom is -0.353 e. The van der Waals surface area contributed by atoms with Crippen molar-refractivity contribution in [3.8, 4) is 0 Å². The Bertz CT molecular complexity index is 603. The van der Waals surface area contributed by atoms with Gasteiger partial charge in [0, 0.05) is 25.0 Å². The maximum atomic E-state index is 12.5. The third-order valence-electron chi connectivity index (χ3n) is 4.13. The standard InChI is InChI=1S/C15H20N2O3S/c18-15(16-13-6-7-13)12-8-10-17(11-9-12)21(19,20)14-4-2-1-3-5-14/h1-5,12-13H,6-11H2,(H,16,18). The molecule has 0 atom stereocenters. The van der Waals surface area contributed by atoms with E-state index in [2.05, 4.69) is 5.32 Å². The number of nitrogens with one attached hydrogen (secondary N) is 1. The van der Waals surface area contributed by atoms with Crippen LogP contribution in [0.4, 0.5) is 0 Å². The molecule has 3 rings (SSSR count).